The maximum Gasteiger partial charge on any atom is 0.410 e. The molecule has 2 heterocycles. The molecule has 1 saturated heterocycles. The third-order valence-electron chi connectivity index (χ3n) is 3.52. The Hall–Kier alpha value is -1.78. The van der Waals surface area contributed by atoms with Gasteiger partial charge in [0.15, 0.2) is 0 Å². The lowest BCUT2D eigenvalue weighted by Gasteiger charge is -2.43. The highest BCUT2D eigenvalue weighted by atomic mass is 16.5. The minimum absolute atomic E-state index is 0.110. The van der Waals surface area contributed by atoms with Crippen LogP contribution in [-0.4, -0.2) is 48.3 Å². The zero-order valence-electron chi connectivity index (χ0n) is 14.0. The van der Waals surface area contributed by atoms with Gasteiger partial charge in [0.25, 0.3) is 0 Å². The van der Waals surface area contributed by atoms with Gasteiger partial charge in [-0.3, -0.25) is 4.90 Å². The molecule has 0 unspecified atom stereocenters. The summed E-state index contributed by atoms with van der Waals surface area (Å²) >= 11 is 0. The molecule has 1 aromatic heterocycles. The van der Waals surface area contributed by atoms with Gasteiger partial charge in [-0.1, -0.05) is 19.9 Å². The molecule has 1 aliphatic rings. The number of aryl methyl sites for hydroxylation is 1. The first kappa shape index (κ1) is 17.3. The second-order valence-corrected chi connectivity index (χ2v) is 5.17. The van der Waals surface area contributed by atoms with Gasteiger partial charge in [0.05, 0.1) is 19.2 Å². The molecule has 0 aromatic carbocycles. The second-order valence-electron chi connectivity index (χ2n) is 5.17. The molecule has 2 rings (SSSR count). The van der Waals surface area contributed by atoms with E-state index in [2.05, 4.69) is 16.0 Å². The Morgan fingerprint density at radius 3 is 2.24 bits per heavy atom. The third kappa shape index (κ3) is 4.09. The van der Waals surface area contributed by atoms with E-state index in [1.54, 1.807) is 4.90 Å². The number of pyridine rings is 1. The lowest BCUT2D eigenvalue weighted by atomic mass is 10.1. The second kappa shape index (κ2) is 7.86. The summed E-state index contributed by atoms with van der Waals surface area (Å²) in [6, 6.07) is 4.31. The average Bonchev–Trinajstić information content (AvgIpc) is 2.49. The zero-order valence-corrected chi connectivity index (χ0v) is 14.0. The number of carbonyl (C=O) groups excluding carboxylic acids is 1. The maximum absolute atomic E-state index is 11.7. The van der Waals surface area contributed by atoms with Crippen molar-refractivity contribution in [2.45, 2.75) is 46.7 Å². The quantitative estimate of drug-likeness (QED) is 0.798. The minimum Gasteiger partial charge on any atom is -0.453 e. The van der Waals surface area contributed by atoms with Crippen molar-refractivity contribution in [3.05, 3.63) is 23.9 Å². The molecule has 0 aliphatic carbocycles. The number of rotatable bonds is 1. The van der Waals surface area contributed by atoms with Crippen LogP contribution in [0.3, 0.4) is 0 Å². The number of methoxy groups -OCH3 is 1. The number of anilines is 1. The van der Waals surface area contributed by atoms with E-state index in [1.807, 2.05) is 46.9 Å². The van der Waals surface area contributed by atoms with Crippen LogP contribution in [0.25, 0.3) is 0 Å². The summed E-state index contributed by atoms with van der Waals surface area (Å²) < 4.78 is 4.84. The van der Waals surface area contributed by atoms with E-state index >= 15 is 0 Å². The molecule has 5 heteroatoms. The lowest BCUT2D eigenvalue weighted by molar-refractivity contribution is 0.0818. The Morgan fingerprint density at radius 1 is 1.24 bits per heavy atom. The van der Waals surface area contributed by atoms with Crippen LogP contribution in [0.1, 0.15) is 33.3 Å². The summed E-state index contributed by atoms with van der Waals surface area (Å²) in [6.45, 7) is 11.6. The van der Waals surface area contributed by atoms with Crippen LogP contribution >= 0.6 is 0 Å². The molecule has 1 aliphatic heterocycles. The van der Waals surface area contributed by atoms with Crippen molar-refractivity contribution >= 4 is 11.9 Å². The minimum atomic E-state index is -0.253. The first-order valence-corrected chi connectivity index (χ1v) is 7.56. The predicted octanol–water partition coefficient (Wildman–Crippen LogP) is 3.08. The number of amides is 1. The van der Waals surface area contributed by atoms with Crippen LogP contribution in [0, 0.1) is 6.92 Å². The Bertz CT molecular complexity index is 435. The molecule has 118 valence electrons. The fourth-order valence-electron chi connectivity index (χ4n) is 2.62. The molecule has 0 saturated carbocycles. The molecule has 1 amide bonds. The summed E-state index contributed by atoms with van der Waals surface area (Å²) in [5, 5.41) is 0. The Kier molecular flexibility index (Phi) is 6.46. The molecule has 0 radical (unpaired) electrons. The van der Waals surface area contributed by atoms with Gasteiger partial charge in [-0.2, -0.15) is 0 Å². The van der Waals surface area contributed by atoms with Gasteiger partial charge in [0.2, 0.25) is 0 Å². The number of piperazine rings is 1. The third-order valence-corrected chi connectivity index (χ3v) is 3.52. The van der Waals surface area contributed by atoms with Crippen molar-refractivity contribution < 1.29 is 9.53 Å². The highest BCUT2D eigenvalue weighted by Gasteiger charge is 2.33. The number of ether oxygens (including phenoxy) is 1. The van der Waals surface area contributed by atoms with Gasteiger partial charge in [-0.15, -0.1) is 0 Å². The molecule has 2 atom stereocenters. The number of hydrogen-bond donors (Lipinski definition) is 0. The van der Waals surface area contributed by atoms with E-state index in [9.17, 15) is 4.79 Å². The van der Waals surface area contributed by atoms with Crippen LogP contribution < -0.4 is 4.90 Å². The van der Waals surface area contributed by atoms with Crippen molar-refractivity contribution in [3.8, 4) is 0 Å². The van der Waals surface area contributed by atoms with Gasteiger partial charge < -0.3 is 9.64 Å². The van der Waals surface area contributed by atoms with Crippen LogP contribution in [0.4, 0.5) is 10.6 Å². The number of aromatic nitrogens is 1. The molecule has 1 aromatic rings. The van der Waals surface area contributed by atoms with E-state index in [1.165, 1.54) is 7.11 Å². The van der Waals surface area contributed by atoms with Crippen molar-refractivity contribution in [3.63, 3.8) is 0 Å². The zero-order chi connectivity index (χ0) is 16.0. The van der Waals surface area contributed by atoms with E-state index in [4.69, 9.17) is 4.74 Å². The Balaban J connectivity index is 0.00000106. The predicted molar refractivity (Wildman–Crippen MR) is 85.7 cm³/mol. The molecule has 0 spiro atoms. The number of carbonyl (C=O) groups is 1. The van der Waals surface area contributed by atoms with Crippen molar-refractivity contribution in [2.75, 3.05) is 25.1 Å². The van der Waals surface area contributed by atoms with Crippen molar-refractivity contribution in [1.82, 2.24) is 9.88 Å². The standard InChI is InChI=1S/C14H21N3O2.C2H6/c1-10-5-6-13(15-7-10)16-8-11(2)17(12(3)9-16)14(18)19-4;1-2/h5-7,11-12H,8-9H2,1-4H3;1-2H3/t11-,12+;. The molecule has 21 heavy (non-hydrogen) atoms. The first-order chi connectivity index (χ1) is 10.0. The molecule has 5 nitrogen and oxygen atoms in total. The smallest absolute Gasteiger partial charge is 0.410 e. The topological polar surface area (TPSA) is 45.7 Å². The van der Waals surface area contributed by atoms with Crippen LogP contribution in [0.15, 0.2) is 18.3 Å². The van der Waals surface area contributed by atoms with E-state index in [0.717, 1.165) is 24.5 Å². The first-order valence-electron chi connectivity index (χ1n) is 7.56. The molecule has 0 bridgehead atoms. The summed E-state index contributed by atoms with van der Waals surface area (Å²) in [5.74, 6) is 0.966. The lowest BCUT2D eigenvalue weighted by Crippen LogP contribution is -2.58. The van der Waals surface area contributed by atoms with Crippen molar-refractivity contribution in [2.24, 2.45) is 0 Å². The summed E-state index contributed by atoms with van der Waals surface area (Å²) in [7, 11) is 1.43. The van der Waals surface area contributed by atoms with Crippen LogP contribution in [0.5, 0.6) is 0 Å². The highest BCUT2D eigenvalue weighted by molar-refractivity contribution is 5.69. The number of hydrogen-bond acceptors (Lipinski definition) is 4. The monoisotopic (exact) mass is 293 g/mol. The number of nitrogens with zero attached hydrogens (tertiary/aromatic N) is 3. The van der Waals surface area contributed by atoms with Gasteiger partial charge in [-0.05, 0) is 32.4 Å². The summed E-state index contributed by atoms with van der Waals surface area (Å²) in [6.07, 6.45) is 1.62. The fourth-order valence-corrected chi connectivity index (χ4v) is 2.62. The maximum atomic E-state index is 11.7. The van der Waals surface area contributed by atoms with Crippen molar-refractivity contribution in [1.29, 1.82) is 0 Å². The molecule has 1 fully saturated rings. The average molecular weight is 293 g/mol. The van der Waals surface area contributed by atoms with Gasteiger partial charge in [-0.25, -0.2) is 9.78 Å². The van der Waals surface area contributed by atoms with Crippen LogP contribution in [0.2, 0.25) is 0 Å². The van der Waals surface area contributed by atoms with Gasteiger partial charge in [0, 0.05) is 19.3 Å². The van der Waals surface area contributed by atoms with Crippen LogP contribution in [-0.2, 0) is 4.74 Å². The highest BCUT2D eigenvalue weighted by Crippen LogP contribution is 2.21. The summed E-state index contributed by atoms with van der Waals surface area (Å²) in [4.78, 5) is 20.2. The summed E-state index contributed by atoms with van der Waals surface area (Å²) in [5.41, 5.74) is 1.15. The molecular formula is C16H27N3O2. The van der Waals surface area contributed by atoms with Gasteiger partial charge in [0.1, 0.15) is 5.82 Å². The molecular weight excluding hydrogens is 266 g/mol. The Labute approximate surface area is 127 Å². The normalized spacial score (nSPS) is 21.4. The largest absolute Gasteiger partial charge is 0.453 e. The van der Waals surface area contributed by atoms with Gasteiger partial charge >= 0.3 is 6.09 Å². The van der Waals surface area contributed by atoms with E-state index in [-0.39, 0.29) is 18.2 Å². The fraction of sp³-hybridized carbons (Fsp3) is 0.625. The molecule has 0 N–H and O–H groups in total. The SMILES string of the molecule is CC.COC(=O)N1[C@H](C)CN(c2ccc(C)cn2)C[C@@H]1C. The van der Waals surface area contributed by atoms with E-state index in [0.29, 0.717) is 0 Å². The van der Waals surface area contributed by atoms with E-state index < -0.39 is 0 Å². The Morgan fingerprint density at radius 2 is 1.81 bits per heavy atom.